The van der Waals surface area contributed by atoms with E-state index in [0.717, 1.165) is 40.9 Å². The number of fused-ring (bicyclic) bond motifs is 1. The molecule has 2 heterocycles. The molecule has 0 atom stereocenters. The fraction of sp³-hybridized carbons (Fsp3) is 0.286. The Morgan fingerprint density at radius 2 is 1.88 bits per heavy atom. The lowest BCUT2D eigenvalue weighted by atomic mass is 10.1. The molecule has 5 heteroatoms. The van der Waals surface area contributed by atoms with Crippen LogP contribution in [-0.2, 0) is 11.2 Å². The smallest absolute Gasteiger partial charge is 0.228 e. The lowest BCUT2D eigenvalue weighted by molar-refractivity contribution is -0.115. The van der Waals surface area contributed by atoms with Gasteiger partial charge in [0.05, 0.1) is 6.42 Å². The molecular formula is C21H22FN3O. The summed E-state index contributed by atoms with van der Waals surface area (Å²) in [5.41, 5.74) is 4.56. The summed E-state index contributed by atoms with van der Waals surface area (Å²) in [4.78, 5) is 18.0. The summed E-state index contributed by atoms with van der Waals surface area (Å²) in [6, 6.07) is 12.6. The van der Waals surface area contributed by atoms with Gasteiger partial charge in [0.15, 0.2) is 0 Å². The molecule has 0 bridgehead atoms. The maximum absolute atomic E-state index is 13.6. The third-order valence-electron chi connectivity index (χ3n) is 5.04. The summed E-state index contributed by atoms with van der Waals surface area (Å²) in [5, 5.41) is 3.71. The number of halogens is 1. The topological polar surface area (TPSA) is 48.1 Å². The molecule has 1 saturated heterocycles. The number of nitrogens with zero attached hydrogens (tertiary/aromatic N) is 1. The van der Waals surface area contributed by atoms with Crippen molar-refractivity contribution in [2.75, 3.05) is 23.3 Å². The molecule has 26 heavy (non-hydrogen) atoms. The first-order valence-corrected chi connectivity index (χ1v) is 9.02. The van der Waals surface area contributed by atoms with Gasteiger partial charge >= 0.3 is 0 Å². The number of carbonyl (C=O) groups is 1. The maximum atomic E-state index is 13.6. The Bertz CT molecular complexity index is 940. The summed E-state index contributed by atoms with van der Waals surface area (Å²) < 4.78 is 13.6. The maximum Gasteiger partial charge on any atom is 0.228 e. The minimum atomic E-state index is -0.296. The van der Waals surface area contributed by atoms with E-state index in [1.165, 1.54) is 30.7 Å². The molecule has 1 aliphatic heterocycles. The average molecular weight is 351 g/mol. The number of aromatic amines is 1. The van der Waals surface area contributed by atoms with Crippen molar-refractivity contribution in [1.82, 2.24) is 4.98 Å². The van der Waals surface area contributed by atoms with Crippen molar-refractivity contribution in [2.24, 2.45) is 0 Å². The summed E-state index contributed by atoms with van der Waals surface area (Å²) >= 11 is 0. The van der Waals surface area contributed by atoms with Crippen LogP contribution in [-0.4, -0.2) is 24.0 Å². The molecule has 0 spiro atoms. The number of aromatic nitrogens is 1. The summed E-state index contributed by atoms with van der Waals surface area (Å²) in [6.45, 7) is 4.11. The molecule has 0 aliphatic carbocycles. The number of H-pyrrole nitrogens is 1. The van der Waals surface area contributed by atoms with Gasteiger partial charge in [0.2, 0.25) is 5.91 Å². The highest BCUT2D eigenvalue weighted by atomic mass is 19.1. The van der Waals surface area contributed by atoms with Crippen LogP contribution in [0.3, 0.4) is 0 Å². The van der Waals surface area contributed by atoms with Crippen molar-refractivity contribution in [3.8, 4) is 0 Å². The van der Waals surface area contributed by atoms with Crippen LogP contribution in [0.2, 0.25) is 0 Å². The minimum absolute atomic E-state index is 0.104. The summed E-state index contributed by atoms with van der Waals surface area (Å²) in [6.07, 6.45) is 2.69. The summed E-state index contributed by atoms with van der Waals surface area (Å²) in [7, 11) is 0. The van der Waals surface area contributed by atoms with Crippen LogP contribution in [0.25, 0.3) is 10.9 Å². The molecule has 2 N–H and O–H groups in total. The zero-order valence-corrected chi connectivity index (χ0v) is 14.8. The van der Waals surface area contributed by atoms with E-state index < -0.39 is 0 Å². The summed E-state index contributed by atoms with van der Waals surface area (Å²) in [5.74, 6) is -0.400. The Kier molecular flexibility index (Phi) is 4.37. The Morgan fingerprint density at radius 1 is 1.15 bits per heavy atom. The van der Waals surface area contributed by atoms with Crippen LogP contribution in [0.5, 0.6) is 0 Å². The van der Waals surface area contributed by atoms with Crippen LogP contribution >= 0.6 is 0 Å². The Morgan fingerprint density at radius 3 is 2.62 bits per heavy atom. The van der Waals surface area contributed by atoms with Crippen molar-refractivity contribution in [3.05, 3.63) is 59.5 Å². The highest BCUT2D eigenvalue weighted by Gasteiger charge is 2.14. The second-order valence-electron chi connectivity index (χ2n) is 6.88. The highest BCUT2D eigenvalue weighted by Crippen LogP contribution is 2.25. The van der Waals surface area contributed by atoms with E-state index in [4.69, 9.17) is 0 Å². The minimum Gasteiger partial charge on any atom is -0.372 e. The zero-order valence-electron chi connectivity index (χ0n) is 14.8. The van der Waals surface area contributed by atoms with E-state index in [1.54, 1.807) is 6.07 Å². The molecule has 4 rings (SSSR count). The average Bonchev–Trinajstić information content (AvgIpc) is 3.25. The molecule has 1 aromatic heterocycles. The van der Waals surface area contributed by atoms with Gasteiger partial charge in [-0.3, -0.25) is 4.79 Å². The van der Waals surface area contributed by atoms with Crippen molar-refractivity contribution in [2.45, 2.75) is 26.2 Å². The number of aryl methyl sites for hydroxylation is 1. The zero-order chi connectivity index (χ0) is 18.1. The Labute approximate surface area is 152 Å². The lowest BCUT2D eigenvalue weighted by Crippen LogP contribution is -2.18. The van der Waals surface area contributed by atoms with Gasteiger partial charge in [-0.15, -0.1) is 0 Å². The first-order valence-electron chi connectivity index (χ1n) is 9.02. The highest BCUT2D eigenvalue weighted by molar-refractivity contribution is 5.96. The SMILES string of the molecule is Cc1[nH]c2ccc(F)cc2c1CC(=O)Nc1ccc(N2CCCC2)cc1. The molecule has 0 radical (unpaired) electrons. The van der Waals surface area contributed by atoms with Gasteiger partial charge in [-0.1, -0.05) is 0 Å². The molecule has 4 nitrogen and oxygen atoms in total. The second-order valence-corrected chi connectivity index (χ2v) is 6.88. The fourth-order valence-electron chi connectivity index (χ4n) is 3.68. The fourth-order valence-corrected chi connectivity index (χ4v) is 3.68. The van der Waals surface area contributed by atoms with Crippen LogP contribution in [0.4, 0.5) is 15.8 Å². The van der Waals surface area contributed by atoms with E-state index >= 15 is 0 Å². The number of benzene rings is 2. The normalized spacial score (nSPS) is 14.2. The Hall–Kier alpha value is -2.82. The van der Waals surface area contributed by atoms with E-state index in [1.807, 2.05) is 31.2 Å². The van der Waals surface area contributed by atoms with Crippen LogP contribution in [0, 0.1) is 12.7 Å². The third kappa shape index (κ3) is 3.29. The standard InChI is InChI=1S/C21H22FN3O/c1-14-18(19-12-15(22)4-9-20(19)23-14)13-21(26)24-16-5-7-17(8-6-16)25-10-2-3-11-25/h4-9,12,23H,2-3,10-11,13H2,1H3,(H,24,26). The number of amides is 1. The largest absolute Gasteiger partial charge is 0.372 e. The molecule has 3 aromatic rings. The molecule has 134 valence electrons. The van der Waals surface area contributed by atoms with Gasteiger partial charge in [-0.2, -0.15) is 0 Å². The van der Waals surface area contributed by atoms with Gasteiger partial charge < -0.3 is 15.2 Å². The molecule has 0 saturated carbocycles. The van der Waals surface area contributed by atoms with Gasteiger partial charge in [-0.05, 0) is 67.8 Å². The van der Waals surface area contributed by atoms with Crippen LogP contribution in [0.1, 0.15) is 24.1 Å². The van der Waals surface area contributed by atoms with Crippen molar-refractivity contribution in [1.29, 1.82) is 0 Å². The van der Waals surface area contributed by atoms with E-state index in [0.29, 0.717) is 0 Å². The Balaban J connectivity index is 1.47. The van der Waals surface area contributed by atoms with Crippen molar-refractivity contribution >= 4 is 28.2 Å². The first kappa shape index (κ1) is 16.6. The van der Waals surface area contributed by atoms with Crippen LogP contribution in [0.15, 0.2) is 42.5 Å². The quantitative estimate of drug-likeness (QED) is 0.732. The van der Waals surface area contributed by atoms with E-state index in [9.17, 15) is 9.18 Å². The van der Waals surface area contributed by atoms with Crippen molar-refractivity contribution < 1.29 is 9.18 Å². The van der Waals surface area contributed by atoms with E-state index in [-0.39, 0.29) is 18.1 Å². The molecular weight excluding hydrogens is 329 g/mol. The first-order chi connectivity index (χ1) is 12.6. The number of hydrogen-bond acceptors (Lipinski definition) is 2. The molecule has 2 aromatic carbocycles. The van der Waals surface area contributed by atoms with Crippen LogP contribution < -0.4 is 10.2 Å². The van der Waals surface area contributed by atoms with Gasteiger partial charge in [0, 0.05) is 41.1 Å². The third-order valence-corrected chi connectivity index (χ3v) is 5.04. The predicted molar refractivity (Wildman–Crippen MR) is 103 cm³/mol. The molecule has 1 fully saturated rings. The van der Waals surface area contributed by atoms with Crippen molar-refractivity contribution in [3.63, 3.8) is 0 Å². The molecule has 0 unspecified atom stereocenters. The number of hydrogen-bond donors (Lipinski definition) is 2. The molecule has 1 aliphatic rings. The predicted octanol–water partition coefficient (Wildman–Crippen LogP) is 4.40. The molecule has 1 amide bonds. The number of anilines is 2. The second kappa shape index (κ2) is 6.83. The van der Waals surface area contributed by atoms with E-state index in [2.05, 4.69) is 15.2 Å². The number of carbonyl (C=O) groups excluding carboxylic acids is 1. The lowest BCUT2D eigenvalue weighted by Gasteiger charge is -2.17. The van der Waals surface area contributed by atoms with Gasteiger partial charge in [0.25, 0.3) is 0 Å². The number of rotatable bonds is 4. The van der Waals surface area contributed by atoms with Gasteiger partial charge in [-0.25, -0.2) is 4.39 Å². The van der Waals surface area contributed by atoms with Gasteiger partial charge in [0.1, 0.15) is 5.82 Å². The monoisotopic (exact) mass is 351 g/mol. The number of nitrogens with one attached hydrogen (secondary N) is 2.